The molecule has 1 aromatic carbocycles. The van der Waals surface area contributed by atoms with Crippen molar-refractivity contribution in [2.24, 2.45) is 7.05 Å². The second-order valence-corrected chi connectivity index (χ2v) is 4.21. The molecular formula is C11H9BrFNO. The lowest BCUT2D eigenvalue weighted by Gasteiger charge is -2.00. The molecule has 0 aliphatic carbocycles. The van der Waals surface area contributed by atoms with Gasteiger partial charge in [-0.15, -0.1) is 0 Å². The van der Waals surface area contributed by atoms with Gasteiger partial charge < -0.3 is 4.57 Å². The summed E-state index contributed by atoms with van der Waals surface area (Å²) in [5, 5.41) is 0.725. The first-order valence-corrected chi connectivity index (χ1v) is 5.26. The second-order valence-electron chi connectivity index (χ2n) is 3.41. The Labute approximate surface area is 94.8 Å². The van der Waals surface area contributed by atoms with E-state index < -0.39 is 0 Å². The fourth-order valence-electron chi connectivity index (χ4n) is 1.81. The van der Waals surface area contributed by atoms with E-state index in [1.807, 2.05) is 0 Å². The Bertz CT molecular complexity index is 559. The standard InChI is InChI=1S/C11H9BrFNO/c1-6(15)10-9(12)7-4-3-5-8(13)11(7)14(10)2/h3-5H,1-2H3. The lowest BCUT2D eigenvalue weighted by molar-refractivity contribution is 0.101. The lowest BCUT2D eigenvalue weighted by atomic mass is 10.2. The van der Waals surface area contributed by atoms with E-state index in [1.54, 1.807) is 23.7 Å². The van der Waals surface area contributed by atoms with Gasteiger partial charge in [-0.05, 0) is 22.0 Å². The zero-order chi connectivity index (χ0) is 11.2. The van der Waals surface area contributed by atoms with Gasteiger partial charge in [-0.2, -0.15) is 0 Å². The molecule has 2 nitrogen and oxygen atoms in total. The number of para-hydroxylation sites is 1. The van der Waals surface area contributed by atoms with Crippen LogP contribution in [0.1, 0.15) is 17.4 Å². The van der Waals surface area contributed by atoms with Crippen LogP contribution in [0.15, 0.2) is 22.7 Å². The molecule has 0 unspecified atom stereocenters. The number of hydrogen-bond acceptors (Lipinski definition) is 1. The van der Waals surface area contributed by atoms with E-state index in [2.05, 4.69) is 15.9 Å². The molecule has 0 bridgehead atoms. The van der Waals surface area contributed by atoms with Crippen molar-refractivity contribution >= 4 is 32.6 Å². The fraction of sp³-hybridized carbons (Fsp3) is 0.182. The second kappa shape index (κ2) is 3.45. The van der Waals surface area contributed by atoms with Gasteiger partial charge in [0.05, 0.1) is 15.7 Å². The third kappa shape index (κ3) is 1.40. The molecule has 4 heteroatoms. The van der Waals surface area contributed by atoms with Crippen molar-refractivity contribution in [1.29, 1.82) is 0 Å². The van der Waals surface area contributed by atoms with Crippen molar-refractivity contribution in [1.82, 2.24) is 4.57 Å². The van der Waals surface area contributed by atoms with Crippen LogP contribution in [0.5, 0.6) is 0 Å². The van der Waals surface area contributed by atoms with Crippen LogP contribution in [-0.4, -0.2) is 10.4 Å². The van der Waals surface area contributed by atoms with Gasteiger partial charge in [0, 0.05) is 19.4 Å². The van der Waals surface area contributed by atoms with Crippen LogP contribution >= 0.6 is 15.9 Å². The normalized spacial score (nSPS) is 10.9. The summed E-state index contributed by atoms with van der Waals surface area (Å²) >= 11 is 3.33. The summed E-state index contributed by atoms with van der Waals surface area (Å²) < 4.78 is 15.8. The molecule has 0 saturated heterocycles. The minimum absolute atomic E-state index is 0.0834. The number of nitrogens with zero attached hydrogens (tertiary/aromatic N) is 1. The van der Waals surface area contributed by atoms with E-state index in [9.17, 15) is 9.18 Å². The molecule has 2 aromatic rings. The van der Waals surface area contributed by atoms with Crippen LogP contribution in [0.2, 0.25) is 0 Å². The molecule has 0 N–H and O–H groups in total. The highest BCUT2D eigenvalue weighted by molar-refractivity contribution is 9.10. The van der Waals surface area contributed by atoms with Crippen molar-refractivity contribution in [3.63, 3.8) is 0 Å². The van der Waals surface area contributed by atoms with E-state index in [1.165, 1.54) is 13.0 Å². The third-order valence-electron chi connectivity index (χ3n) is 2.44. The Balaban J connectivity index is 2.98. The zero-order valence-corrected chi connectivity index (χ0v) is 9.93. The molecule has 0 aliphatic heterocycles. The van der Waals surface area contributed by atoms with E-state index in [-0.39, 0.29) is 11.6 Å². The Morgan fingerprint density at radius 3 is 2.67 bits per heavy atom. The maximum Gasteiger partial charge on any atom is 0.177 e. The third-order valence-corrected chi connectivity index (χ3v) is 3.24. The van der Waals surface area contributed by atoms with Crippen LogP contribution in [0.4, 0.5) is 4.39 Å². The predicted octanol–water partition coefficient (Wildman–Crippen LogP) is 3.28. The van der Waals surface area contributed by atoms with Gasteiger partial charge in [-0.25, -0.2) is 4.39 Å². The Hall–Kier alpha value is -1.16. The van der Waals surface area contributed by atoms with Crippen LogP contribution in [-0.2, 0) is 7.05 Å². The summed E-state index contributed by atoms with van der Waals surface area (Å²) in [6, 6.07) is 4.81. The van der Waals surface area contributed by atoms with Crippen LogP contribution in [0.3, 0.4) is 0 Å². The van der Waals surface area contributed by atoms with E-state index >= 15 is 0 Å². The van der Waals surface area contributed by atoms with E-state index in [0.717, 1.165) is 5.39 Å². The molecule has 78 valence electrons. The minimum Gasteiger partial charge on any atom is -0.338 e. The van der Waals surface area contributed by atoms with Gasteiger partial charge in [0.15, 0.2) is 5.78 Å². The number of rotatable bonds is 1. The first-order valence-electron chi connectivity index (χ1n) is 4.47. The van der Waals surface area contributed by atoms with Crippen LogP contribution in [0.25, 0.3) is 10.9 Å². The molecule has 0 atom stereocenters. The number of carbonyl (C=O) groups is 1. The molecule has 0 amide bonds. The summed E-state index contributed by atoms with van der Waals surface area (Å²) in [6.45, 7) is 1.47. The summed E-state index contributed by atoms with van der Waals surface area (Å²) in [6.07, 6.45) is 0. The molecule has 15 heavy (non-hydrogen) atoms. The summed E-state index contributed by atoms with van der Waals surface area (Å²) in [7, 11) is 1.69. The number of aromatic nitrogens is 1. The maximum atomic E-state index is 13.6. The van der Waals surface area contributed by atoms with Gasteiger partial charge in [0.2, 0.25) is 0 Å². The van der Waals surface area contributed by atoms with Gasteiger partial charge in [0.1, 0.15) is 5.82 Å². The maximum absolute atomic E-state index is 13.6. The number of benzene rings is 1. The van der Waals surface area contributed by atoms with Gasteiger partial charge in [-0.3, -0.25) is 4.79 Å². The summed E-state index contributed by atoms with van der Waals surface area (Å²) in [5.41, 5.74) is 0.949. The number of carbonyl (C=O) groups excluding carboxylic acids is 1. The number of halogens is 2. The molecule has 0 spiro atoms. The Morgan fingerprint density at radius 1 is 1.47 bits per heavy atom. The molecule has 0 radical (unpaired) electrons. The first kappa shape index (κ1) is 10.4. The van der Waals surface area contributed by atoms with Crippen molar-refractivity contribution in [3.05, 3.63) is 34.2 Å². The number of ketones is 1. The average Bonchev–Trinajstić information content (AvgIpc) is 2.40. The van der Waals surface area contributed by atoms with Crippen molar-refractivity contribution < 1.29 is 9.18 Å². The van der Waals surface area contributed by atoms with Crippen molar-refractivity contribution in [2.45, 2.75) is 6.92 Å². The van der Waals surface area contributed by atoms with Gasteiger partial charge in [0.25, 0.3) is 0 Å². The molecule has 0 saturated carbocycles. The lowest BCUT2D eigenvalue weighted by Crippen LogP contribution is -2.02. The predicted molar refractivity (Wildman–Crippen MR) is 60.6 cm³/mol. The van der Waals surface area contributed by atoms with Crippen LogP contribution < -0.4 is 0 Å². The number of aryl methyl sites for hydroxylation is 1. The first-order chi connectivity index (χ1) is 7.04. The van der Waals surface area contributed by atoms with Crippen molar-refractivity contribution in [3.8, 4) is 0 Å². The zero-order valence-electron chi connectivity index (χ0n) is 8.34. The van der Waals surface area contributed by atoms with E-state index in [0.29, 0.717) is 15.7 Å². The Morgan fingerprint density at radius 2 is 2.13 bits per heavy atom. The number of Topliss-reactive ketones (excluding diaryl/α,β-unsaturated/α-hetero) is 1. The highest BCUT2D eigenvalue weighted by Gasteiger charge is 2.18. The SMILES string of the molecule is CC(=O)c1c(Br)c2cccc(F)c2n1C. The number of hydrogen-bond donors (Lipinski definition) is 0. The molecular weight excluding hydrogens is 261 g/mol. The average molecular weight is 270 g/mol. The fourth-order valence-corrected chi connectivity index (χ4v) is 2.68. The molecule has 0 fully saturated rings. The summed E-state index contributed by atoms with van der Waals surface area (Å²) in [5.74, 6) is -0.400. The highest BCUT2D eigenvalue weighted by atomic mass is 79.9. The molecule has 1 heterocycles. The quantitative estimate of drug-likeness (QED) is 0.729. The van der Waals surface area contributed by atoms with Gasteiger partial charge in [-0.1, -0.05) is 12.1 Å². The molecule has 2 rings (SSSR count). The van der Waals surface area contributed by atoms with Crippen LogP contribution in [0, 0.1) is 5.82 Å². The van der Waals surface area contributed by atoms with Crippen molar-refractivity contribution in [2.75, 3.05) is 0 Å². The van der Waals surface area contributed by atoms with Gasteiger partial charge >= 0.3 is 0 Å². The molecule has 0 aliphatic rings. The van der Waals surface area contributed by atoms with E-state index in [4.69, 9.17) is 0 Å². The molecule has 1 aromatic heterocycles. The Kier molecular flexibility index (Phi) is 2.38. The topological polar surface area (TPSA) is 22.0 Å². The highest BCUT2D eigenvalue weighted by Crippen LogP contribution is 2.31. The monoisotopic (exact) mass is 269 g/mol. The number of fused-ring (bicyclic) bond motifs is 1. The largest absolute Gasteiger partial charge is 0.338 e. The minimum atomic E-state index is -0.316. The smallest absolute Gasteiger partial charge is 0.177 e. The summed E-state index contributed by atoms with van der Waals surface area (Å²) in [4.78, 5) is 11.4.